The topological polar surface area (TPSA) is 73.3 Å². The van der Waals surface area contributed by atoms with Gasteiger partial charge in [-0.2, -0.15) is 0 Å². The van der Waals surface area contributed by atoms with Crippen molar-refractivity contribution in [2.24, 2.45) is 5.73 Å². The van der Waals surface area contributed by atoms with Crippen molar-refractivity contribution in [1.82, 2.24) is 0 Å². The Hall–Kier alpha value is -2.04. The normalized spacial score (nSPS) is 10.4. The van der Waals surface area contributed by atoms with Crippen molar-refractivity contribution >= 4 is 23.1 Å². The van der Waals surface area contributed by atoms with Crippen molar-refractivity contribution in [1.29, 1.82) is 5.41 Å². The van der Waals surface area contributed by atoms with Crippen LogP contribution in [0.3, 0.4) is 0 Å². The van der Waals surface area contributed by atoms with Crippen LogP contribution in [-0.2, 0) is 6.54 Å². The molecule has 0 saturated carbocycles. The highest BCUT2D eigenvalue weighted by molar-refractivity contribution is 6.33. The molecule has 0 aliphatic carbocycles. The summed E-state index contributed by atoms with van der Waals surface area (Å²) in [6.45, 7) is 1.17. The molecule has 2 aromatic carbocycles. The number of nitrogens with two attached hydrogens (primary N) is 1. The van der Waals surface area contributed by atoms with Crippen LogP contribution < -0.4 is 10.6 Å². The fourth-order valence-electron chi connectivity index (χ4n) is 2.14. The van der Waals surface area contributed by atoms with E-state index < -0.39 is 0 Å². The second-order valence-electron chi connectivity index (χ2n) is 4.71. The van der Waals surface area contributed by atoms with E-state index in [1.807, 2.05) is 41.3 Å². The van der Waals surface area contributed by atoms with Gasteiger partial charge in [-0.15, -0.1) is 0 Å². The first kappa shape index (κ1) is 15.4. The molecule has 21 heavy (non-hydrogen) atoms. The Bertz CT molecular complexity index is 616. The quantitative estimate of drug-likeness (QED) is 0.567. The van der Waals surface area contributed by atoms with Gasteiger partial charge in [0.15, 0.2) is 0 Å². The number of nitrogens with zero attached hydrogens (tertiary/aromatic N) is 1. The van der Waals surface area contributed by atoms with Crippen LogP contribution in [-0.4, -0.2) is 24.1 Å². The van der Waals surface area contributed by atoms with Gasteiger partial charge in [-0.1, -0.05) is 41.9 Å². The van der Waals surface area contributed by atoms with Crippen LogP contribution in [0.25, 0.3) is 0 Å². The summed E-state index contributed by atoms with van der Waals surface area (Å²) in [6.07, 6.45) is 0. The van der Waals surface area contributed by atoms with Crippen LogP contribution in [0.15, 0.2) is 48.5 Å². The Kier molecular flexibility index (Phi) is 5.20. The number of nitrogens with one attached hydrogen (secondary N) is 1. The van der Waals surface area contributed by atoms with Gasteiger partial charge in [-0.3, -0.25) is 5.41 Å². The maximum atomic E-state index is 9.27. The molecule has 4 N–H and O–H groups in total. The Labute approximate surface area is 129 Å². The average molecular weight is 304 g/mol. The lowest BCUT2D eigenvalue weighted by Gasteiger charge is -2.25. The van der Waals surface area contributed by atoms with Gasteiger partial charge in [-0.25, -0.2) is 0 Å². The van der Waals surface area contributed by atoms with Crippen molar-refractivity contribution in [3.8, 4) is 0 Å². The number of nitrogen functional groups attached to an aromatic ring is 1. The number of hydrogen-bond donors (Lipinski definition) is 3. The molecule has 2 aromatic rings. The van der Waals surface area contributed by atoms with E-state index in [1.165, 1.54) is 0 Å². The molecule has 0 aliphatic heterocycles. The number of aliphatic hydroxyl groups is 1. The van der Waals surface area contributed by atoms with Gasteiger partial charge in [0, 0.05) is 18.7 Å². The third-order valence-electron chi connectivity index (χ3n) is 3.19. The summed E-state index contributed by atoms with van der Waals surface area (Å²) in [7, 11) is 0. The molecule has 0 spiro atoms. The lowest BCUT2D eigenvalue weighted by Crippen LogP contribution is -2.26. The molecule has 0 fully saturated rings. The van der Waals surface area contributed by atoms with Gasteiger partial charge < -0.3 is 15.7 Å². The van der Waals surface area contributed by atoms with Crippen LogP contribution in [0, 0.1) is 5.41 Å². The van der Waals surface area contributed by atoms with Gasteiger partial charge in [0.1, 0.15) is 5.84 Å². The molecule has 0 amide bonds. The number of aliphatic hydroxyl groups excluding tert-OH is 1. The van der Waals surface area contributed by atoms with E-state index in [0.29, 0.717) is 23.7 Å². The van der Waals surface area contributed by atoms with Crippen LogP contribution in [0.1, 0.15) is 11.1 Å². The van der Waals surface area contributed by atoms with Crippen molar-refractivity contribution in [2.75, 3.05) is 18.1 Å². The summed E-state index contributed by atoms with van der Waals surface area (Å²) in [5.74, 6) is -0.0137. The van der Waals surface area contributed by atoms with E-state index in [4.69, 9.17) is 22.7 Å². The third kappa shape index (κ3) is 3.97. The van der Waals surface area contributed by atoms with Gasteiger partial charge in [0.05, 0.1) is 17.3 Å². The molecule has 0 unspecified atom stereocenters. The first-order chi connectivity index (χ1) is 10.1. The predicted molar refractivity (Wildman–Crippen MR) is 87.0 cm³/mol. The van der Waals surface area contributed by atoms with Gasteiger partial charge in [-0.05, 0) is 23.8 Å². The molecule has 4 nitrogen and oxygen atoms in total. The Morgan fingerprint density at radius 3 is 2.48 bits per heavy atom. The first-order valence-corrected chi connectivity index (χ1v) is 7.03. The maximum absolute atomic E-state index is 9.27. The molecule has 0 saturated heterocycles. The molecule has 5 heteroatoms. The lowest BCUT2D eigenvalue weighted by atomic mass is 10.1. The zero-order valence-corrected chi connectivity index (χ0v) is 12.3. The van der Waals surface area contributed by atoms with E-state index in [0.717, 1.165) is 11.3 Å². The molecular formula is C16H18ClN3O. The largest absolute Gasteiger partial charge is 0.395 e. The summed E-state index contributed by atoms with van der Waals surface area (Å²) >= 11 is 6.29. The Balaban J connectivity index is 2.27. The number of benzene rings is 2. The fraction of sp³-hybridized carbons (Fsp3) is 0.188. The third-order valence-corrected chi connectivity index (χ3v) is 3.49. The number of hydrogen-bond acceptors (Lipinski definition) is 3. The molecule has 0 aromatic heterocycles. The molecule has 0 radical (unpaired) electrons. The van der Waals surface area contributed by atoms with E-state index in [2.05, 4.69) is 0 Å². The highest BCUT2D eigenvalue weighted by atomic mass is 35.5. The molecule has 0 aliphatic rings. The number of anilines is 1. The molecule has 0 heterocycles. The summed E-state index contributed by atoms with van der Waals surface area (Å²) in [6, 6.07) is 15.3. The van der Waals surface area contributed by atoms with Crippen molar-refractivity contribution < 1.29 is 5.11 Å². The second kappa shape index (κ2) is 7.11. The van der Waals surface area contributed by atoms with E-state index in [9.17, 15) is 5.11 Å². The standard InChI is InChI=1S/C16H18ClN3O/c17-14-10-13(16(18)19)6-7-15(14)20(8-9-21)11-12-4-2-1-3-5-12/h1-7,10,21H,8-9,11H2,(H3,18,19). The van der Waals surface area contributed by atoms with Crippen LogP contribution in [0.2, 0.25) is 5.02 Å². The summed E-state index contributed by atoms with van der Waals surface area (Å²) in [5, 5.41) is 17.2. The summed E-state index contributed by atoms with van der Waals surface area (Å²) in [5.41, 5.74) is 8.01. The fourth-order valence-corrected chi connectivity index (χ4v) is 2.44. The average Bonchev–Trinajstić information content (AvgIpc) is 2.48. The Morgan fingerprint density at radius 1 is 1.19 bits per heavy atom. The zero-order chi connectivity index (χ0) is 15.2. The summed E-state index contributed by atoms with van der Waals surface area (Å²) < 4.78 is 0. The molecular weight excluding hydrogens is 286 g/mol. The van der Waals surface area contributed by atoms with Crippen LogP contribution in [0.4, 0.5) is 5.69 Å². The van der Waals surface area contributed by atoms with Gasteiger partial charge in [0.25, 0.3) is 0 Å². The minimum Gasteiger partial charge on any atom is -0.395 e. The minimum absolute atomic E-state index is 0.0137. The van der Waals surface area contributed by atoms with Gasteiger partial charge in [0.2, 0.25) is 0 Å². The number of rotatable bonds is 6. The minimum atomic E-state index is -0.0137. The van der Waals surface area contributed by atoms with E-state index >= 15 is 0 Å². The Morgan fingerprint density at radius 2 is 1.90 bits per heavy atom. The van der Waals surface area contributed by atoms with Gasteiger partial charge >= 0.3 is 0 Å². The zero-order valence-electron chi connectivity index (χ0n) is 11.6. The molecule has 2 rings (SSSR count). The van der Waals surface area contributed by atoms with Crippen LogP contribution >= 0.6 is 11.6 Å². The van der Waals surface area contributed by atoms with Crippen molar-refractivity contribution in [2.45, 2.75) is 6.54 Å². The molecule has 0 atom stereocenters. The van der Waals surface area contributed by atoms with E-state index in [-0.39, 0.29) is 12.4 Å². The summed E-state index contributed by atoms with van der Waals surface area (Å²) in [4.78, 5) is 2.00. The SMILES string of the molecule is N=C(N)c1ccc(N(CCO)Cc2ccccc2)c(Cl)c1. The molecule has 110 valence electrons. The van der Waals surface area contributed by atoms with Crippen molar-refractivity contribution in [3.05, 3.63) is 64.7 Å². The first-order valence-electron chi connectivity index (χ1n) is 6.65. The van der Waals surface area contributed by atoms with Crippen molar-refractivity contribution in [3.63, 3.8) is 0 Å². The lowest BCUT2D eigenvalue weighted by molar-refractivity contribution is 0.301. The highest BCUT2D eigenvalue weighted by Crippen LogP contribution is 2.28. The number of amidine groups is 1. The monoisotopic (exact) mass is 303 g/mol. The maximum Gasteiger partial charge on any atom is 0.122 e. The smallest absolute Gasteiger partial charge is 0.122 e. The van der Waals surface area contributed by atoms with Crippen LogP contribution in [0.5, 0.6) is 0 Å². The highest BCUT2D eigenvalue weighted by Gasteiger charge is 2.12. The predicted octanol–water partition coefficient (Wildman–Crippen LogP) is 2.62. The number of halogens is 1. The molecule has 0 bridgehead atoms. The second-order valence-corrected chi connectivity index (χ2v) is 5.12. The van der Waals surface area contributed by atoms with E-state index in [1.54, 1.807) is 12.1 Å².